The first-order chi connectivity index (χ1) is 10.2. The average Bonchev–Trinajstić information content (AvgIpc) is 2.51. The Balaban J connectivity index is 0.00000441. The molecule has 22 heavy (non-hydrogen) atoms. The van der Waals surface area contributed by atoms with Crippen LogP contribution in [-0.2, 0) is 9.47 Å². The maximum atomic E-state index is 6.20. The topological polar surface area (TPSA) is 54.9 Å². The lowest BCUT2D eigenvalue weighted by Crippen LogP contribution is -2.51. The van der Waals surface area contributed by atoms with E-state index in [1.807, 2.05) is 0 Å². The Morgan fingerprint density at radius 2 is 1.95 bits per heavy atom. The van der Waals surface area contributed by atoms with Gasteiger partial charge in [-0.3, -0.25) is 4.99 Å². The van der Waals surface area contributed by atoms with Gasteiger partial charge < -0.3 is 20.1 Å². The van der Waals surface area contributed by atoms with Crippen LogP contribution in [0.15, 0.2) is 4.99 Å². The molecule has 1 rings (SSSR count). The van der Waals surface area contributed by atoms with Gasteiger partial charge in [-0.15, -0.1) is 24.0 Å². The SMILES string of the molecule is CCCOC1(CNC(=NC)NC(C)COC)CCCCC1.I. The maximum Gasteiger partial charge on any atom is 0.191 e. The number of aliphatic imine (C=N–C) groups is 1. The van der Waals surface area contributed by atoms with Gasteiger partial charge in [0, 0.05) is 33.4 Å². The molecule has 0 aliphatic heterocycles. The Bertz CT molecular complexity index is 308. The van der Waals surface area contributed by atoms with Crippen LogP contribution in [0.5, 0.6) is 0 Å². The summed E-state index contributed by atoms with van der Waals surface area (Å²) in [7, 11) is 3.51. The standard InChI is InChI=1S/C16H33N3O2.HI/c1-5-11-21-16(9-7-6-8-10-16)13-18-15(17-3)19-14(2)12-20-4;/h14H,5-13H2,1-4H3,(H2,17,18,19);1H. The van der Waals surface area contributed by atoms with E-state index >= 15 is 0 Å². The second-order valence-electron chi connectivity index (χ2n) is 6.02. The van der Waals surface area contributed by atoms with Gasteiger partial charge in [0.2, 0.25) is 0 Å². The Hall–Kier alpha value is -0.0800. The van der Waals surface area contributed by atoms with Gasteiger partial charge in [-0.05, 0) is 26.2 Å². The fourth-order valence-electron chi connectivity index (χ4n) is 2.85. The highest BCUT2D eigenvalue weighted by molar-refractivity contribution is 14.0. The lowest BCUT2D eigenvalue weighted by molar-refractivity contribution is -0.0657. The van der Waals surface area contributed by atoms with E-state index in [-0.39, 0.29) is 35.6 Å². The number of rotatable bonds is 8. The predicted molar refractivity (Wildman–Crippen MR) is 103 cm³/mol. The predicted octanol–water partition coefficient (Wildman–Crippen LogP) is 2.93. The van der Waals surface area contributed by atoms with Crippen LogP contribution in [0.4, 0.5) is 0 Å². The molecule has 0 heterocycles. The fraction of sp³-hybridized carbons (Fsp3) is 0.938. The van der Waals surface area contributed by atoms with Crippen molar-refractivity contribution < 1.29 is 9.47 Å². The third-order valence-corrected chi connectivity index (χ3v) is 3.98. The second-order valence-corrected chi connectivity index (χ2v) is 6.02. The van der Waals surface area contributed by atoms with E-state index in [9.17, 15) is 0 Å². The van der Waals surface area contributed by atoms with Crippen molar-refractivity contribution in [3.05, 3.63) is 0 Å². The summed E-state index contributed by atoms with van der Waals surface area (Å²) in [5.41, 5.74) is -0.0175. The summed E-state index contributed by atoms with van der Waals surface area (Å²) in [6, 6.07) is 0.236. The molecule has 0 amide bonds. The largest absolute Gasteiger partial charge is 0.383 e. The van der Waals surface area contributed by atoms with E-state index in [1.165, 1.54) is 19.3 Å². The average molecular weight is 427 g/mol. The van der Waals surface area contributed by atoms with E-state index in [2.05, 4.69) is 29.5 Å². The van der Waals surface area contributed by atoms with Crippen LogP contribution in [0, 0.1) is 0 Å². The van der Waals surface area contributed by atoms with Gasteiger partial charge in [-0.1, -0.05) is 26.2 Å². The molecule has 5 nitrogen and oxygen atoms in total. The van der Waals surface area contributed by atoms with E-state index in [1.54, 1.807) is 14.2 Å². The molecular weight excluding hydrogens is 393 g/mol. The Kier molecular flexibility index (Phi) is 12.3. The zero-order chi connectivity index (χ0) is 15.6. The minimum Gasteiger partial charge on any atom is -0.383 e. The molecule has 1 saturated carbocycles. The lowest BCUT2D eigenvalue weighted by Gasteiger charge is -2.38. The maximum absolute atomic E-state index is 6.20. The van der Waals surface area contributed by atoms with Crippen LogP contribution in [0.2, 0.25) is 0 Å². The molecule has 0 aromatic heterocycles. The van der Waals surface area contributed by atoms with Gasteiger partial charge in [0.05, 0.1) is 12.2 Å². The number of hydrogen-bond donors (Lipinski definition) is 2. The zero-order valence-corrected chi connectivity index (χ0v) is 16.9. The Morgan fingerprint density at radius 1 is 1.27 bits per heavy atom. The van der Waals surface area contributed by atoms with Gasteiger partial charge in [0.25, 0.3) is 0 Å². The molecule has 0 radical (unpaired) electrons. The van der Waals surface area contributed by atoms with Crippen LogP contribution in [0.25, 0.3) is 0 Å². The van der Waals surface area contributed by atoms with Crippen molar-refractivity contribution in [3.63, 3.8) is 0 Å². The fourth-order valence-corrected chi connectivity index (χ4v) is 2.85. The molecule has 1 atom stereocenters. The third kappa shape index (κ3) is 7.97. The third-order valence-electron chi connectivity index (χ3n) is 3.98. The Morgan fingerprint density at radius 3 is 2.50 bits per heavy atom. The zero-order valence-electron chi connectivity index (χ0n) is 14.6. The highest BCUT2D eigenvalue weighted by atomic mass is 127. The highest BCUT2D eigenvalue weighted by Gasteiger charge is 2.32. The summed E-state index contributed by atoms with van der Waals surface area (Å²) in [4.78, 5) is 4.29. The van der Waals surface area contributed by atoms with E-state index in [0.717, 1.165) is 38.4 Å². The quantitative estimate of drug-likeness (QED) is 0.355. The van der Waals surface area contributed by atoms with Crippen molar-refractivity contribution in [2.24, 2.45) is 4.99 Å². The van der Waals surface area contributed by atoms with Crippen molar-refractivity contribution >= 4 is 29.9 Å². The van der Waals surface area contributed by atoms with E-state index < -0.39 is 0 Å². The molecule has 6 heteroatoms. The van der Waals surface area contributed by atoms with Crippen LogP contribution < -0.4 is 10.6 Å². The number of nitrogens with zero attached hydrogens (tertiary/aromatic N) is 1. The first kappa shape index (κ1) is 21.9. The monoisotopic (exact) mass is 427 g/mol. The van der Waals surface area contributed by atoms with Crippen molar-refractivity contribution in [3.8, 4) is 0 Å². The first-order valence-electron chi connectivity index (χ1n) is 8.26. The number of ether oxygens (including phenoxy) is 2. The number of halogens is 1. The Labute approximate surface area is 153 Å². The molecule has 1 aliphatic rings. The van der Waals surface area contributed by atoms with Crippen LogP contribution in [0.3, 0.4) is 0 Å². The summed E-state index contributed by atoms with van der Waals surface area (Å²) in [6.45, 7) is 6.58. The van der Waals surface area contributed by atoms with Gasteiger partial charge >= 0.3 is 0 Å². The summed E-state index contributed by atoms with van der Waals surface area (Å²) in [5.74, 6) is 0.824. The minimum absolute atomic E-state index is 0. The molecule has 0 saturated heterocycles. The van der Waals surface area contributed by atoms with E-state index in [4.69, 9.17) is 9.47 Å². The molecule has 2 N–H and O–H groups in total. The molecule has 1 aliphatic carbocycles. The van der Waals surface area contributed by atoms with Gasteiger partial charge in [0.15, 0.2) is 5.96 Å². The van der Waals surface area contributed by atoms with Crippen molar-refractivity contribution in [1.82, 2.24) is 10.6 Å². The van der Waals surface area contributed by atoms with Crippen LogP contribution in [0.1, 0.15) is 52.4 Å². The number of nitrogens with one attached hydrogen (secondary N) is 2. The normalized spacial score (nSPS) is 19.2. The van der Waals surface area contributed by atoms with Crippen LogP contribution in [-0.4, -0.2) is 51.5 Å². The van der Waals surface area contributed by atoms with Crippen LogP contribution >= 0.6 is 24.0 Å². The molecule has 1 unspecified atom stereocenters. The van der Waals surface area contributed by atoms with Gasteiger partial charge in [-0.2, -0.15) is 0 Å². The molecule has 0 bridgehead atoms. The lowest BCUT2D eigenvalue weighted by atomic mass is 9.84. The summed E-state index contributed by atoms with van der Waals surface area (Å²) >= 11 is 0. The second kappa shape index (κ2) is 12.4. The number of hydrogen-bond acceptors (Lipinski definition) is 3. The highest BCUT2D eigenvalue weighted by Crippen LogP contribution is 2.31. The molecule has 0 spiro atoms. The number of guanidine groups is 1. The summed E-state index contributed by atoms with van der Waals surface area (Å²) < 4.78 is 11.3. The van der Waals surface area contributed by atoms with Gasteiger partial charge in [-0.25, -0.2) is 0 Å². The first-order valence-corrected chi connectivity index (χ1v) is 8.26. The summed E-state index contributed by atoms with van der Waals surface area (Å²) in [6.07, 6.45) is 7.21. The molecular formula is C16H34IN3O2. The minimum atomic E-state index is -0.0175. The van der Waals surface area contributed by atoms with Crippen molar-refractivity contribution in [1.29, 1.82) is 0 Å². The van der Waals surface area contributed by atoms with Crippen molar-refractivity contribution in [2.75, 3.05) is 33.9 Å². The molecule has 0 aromatic carbocycles. The molecule has 1 fully saturated rings. The smallest absolute Gasteiger partial charge is 0.191 e. The summed E-state index contributed by atoms with van der Waals surface area (Å²) in [5, 5.41) is 6.78. The van der Waals surface area contributed by atoms with E-state index in [0.29, 0.717) is 6.61 Å². The molecule has 0 aromatic rings. The molecule has 132 valence electrons. The van der Waals surface area contributed by atoms with Crippen molar-refractivity contribution in [2.45, 2.75) is 64.0 Å². The van der Waals surface area contributed by atoms with Gasteiger partial charge in [0.1, 0.15) is 0 Å². The number of methoxy groups -OCH3 is 1.